The summed E-state index contributed by atoms with van der Waals surface area (Å²) >= 11 is 0. The zero-order valence-corrected chi connectivity index (χ0v) is 18.5. The normalized spacial score (nSPS) is 22.7. The number of hydrogen-bond acceptors (Lipinski definition) is 8. The van der Waals surface area contributed by atoms with Crippen molar-refractivity contribution < 1.29 is 13.7 Å². The molecule has 4 rings (SSSR count). The number of benzene rings is 1. The van der Waals surface area contributed by atoms with Crippen LogP contribution in [0.4, 0.5) is 4.39 Å². The third-order valence-electron chi connectivity index (χ3n) is 5.47. The van der Waals surface area contributed by atoms with Crippen LogP contribution < -0.4 is 10.5 Å². The molecule has 2 atom stereocenters. The average molecular weight is 443 g/mol. The molecule has 2 aromatic heterocycles. The van der Waals surface area contributed by atoms with E-state index in [1.54, 1.807) is 18.2 Å². The van der Waals surface area contributed by atoms with E-state index < -0.39 is 26.8 Å². The Morgan fingerprint density at radius 3 is 2.58 bits per heavy atom. The van der Waals surface area contributed by atoms with Crippen LogP contribution in [0, 0.1) is 10.6 Å². The molecule has 1 aliphatic heterocycles. The minimum atomic E-state index is -0.936. The van der Waals surface area contributed by atoms with Gasteiger partial charge in [-0.3, -0.25) is 9.77 Å². The molecular formula is C21H23FN6O2S. The molecule has 8 nitrogen and oxygen atoms in total. The van der Waals surface area contributed by atoms with Crippen LogP contribution in [0.1, 0.15) is 26.3 Å². The minimum absolute atomic E-state index is 0.365. The molecule has 0 saturated heterocycles. The number of aliphatic imine (C=N–C) groups is 1. The Hall–Kier alpha value is -3.14. The van der Waals surface area contributed by atoms with Crippen molar-refractivity contribution in [1.29, 1.82) is 4.78 Å². The molecule has 10 heteroatoms. The molecule has 0 aliphatic carbocycles. The number of aromatic nitrogens is 3. The third kappa shape index (κ3) is 3.71. The van der Waals surface area contributed by atoms with Crippen LogP contribution in [0.25, 0.3) is 22.7 Å². The predicted octanol–water partition coefficient (Wildman–Crippen LogP) is 3.69. The molecule has 1 aliphatic rings. The predicted molar refractivity (Wildman–Crippen MR) is 117 cm³/mol. The number of rotatable bonds is 4. The number of hydrogen-bond donors (Lipinski definition) is 2. The quantitative estimate of drug-likeness (QED) is 0.635. The van der Waals surface area contributed by atoms with Crippen LogP contribution >= 0.6 is 0 Å². The van der Waals surface area contributed by atoms with Crippen molar-refractivity contribution in [3.63, 3.8) is 0 Å². The van der Waals surface area contributed by atoms with E-state index in [4.69, 9.17) is 19.8 Å². The van der Waals surface area contributed by atoms with Crippen molar-refractivity contribution >= 4 is 16.5 Å². The Morgan fingerprint density at radius 1 is 1.16 bits per heavy atom. The third-order valence-corrected chi connectivity index (χ3v) is 7.76. The van der Waals surface area contributed by atoms with Gasteiger partial charge in [-0.05, 0) is 39.0 Å². The molecule has 162 valence electrons. The van der Waals surface area contributed by atoms with Crippen LogP contribution in [-0.2, 0) is 16.2 Å². The maximum atomic E-state index is 14.9. The molecule has 0 fully saturated rings. The Kier molecular flexibility index (Phi) is 5.12. The SMILES string of the molecule is COc1cnc(-c2cc(-c3ccc(F)c([C@]4(C)CS(=N)C(C)(C)C(N)=N4)c3)on2)cn1. The van der Waals surface area contributed by atoms with E-state index in [9.17, 15) is 4.39 Å². The van der Waals surface area contributed by atoms with Crippen molar-refractivity contribution in [2.45, 2.75) is 31.1 Å². The summed E-state index contributed by atoms with van der Waals surface area (Å²) in [6, 6.07) is 6.39. The highest BCUT2D eigenvalue weighted by Crippen LogP contribution is 2.38. The second-order valence-electron chi connectivity index (χ2n) is 8.03. The van der Waals surface area contributed by atoms with Gasteiger partial charge in [-0.2, -0.15) is 0 Å². The largest absolute Gasteiger partial charge is 0.480 e. The van der Waals surface area contributed by atoms with Crippen molar-refractivity contribution in [3.8, 4) is 28.6 Å². The van der Waals surface area contributed by atoms with E-state index in [2.05, 4.69) is 20.1 Å². The lowest BCUT2D eigenvalue weighted by molar-refractivity contribution is 0.395. The molecule has 0 radical (unpaired) electrons. The van der Waals surface area contributed by atoms with Gasteiger partial charge >= 0.3 is 0 Å². The lowest BCUT2D eigenvalue weighted by Gasteiger charge is -2.39. The molecule has 0 bridgehead atoms. The van der Waals surface area contributed by atoms with Crippen molar-refractivity contribution in [2.24, 2.45) is 10.7 Å². The summed E-state index contributed by atoms with van der Waals surface area (Å²) in [4.78, 5) is 13.0. The highest BCUT2D eigenvalue weighted by molar-refractivity contribution is 7.88. The summed E-state index contributed by atoms with van der Waals surface area (Å²) in [5.74, 6) is 1.19. The number of methoxy groups -OCH3 is 1. The number of halogens is 1. The van der Waals surface area contributed by atoms with Gasteiger partial charge in [-0.1, -0.05) is 15.8 Å². The van der Waals surface area contributed by atoms with Gasteiger partial charge in [0.05, 0.1) is 29.8 Å². The molecule has 1 aromatic carbocycles. The Morgan fingerprint density at radius 2 is 1.94 bits per heavy atom. The number of nitrogens with two attached hydrogens (primary N) is 1. The van der Waals surface area contributed by atoms with E-state index >= 15 is 0 Å². The molecule has 0 spiro atoms. The van der Waals surface area contributed by atoms with E-state index in [1.165, 1.54) is 25.6 Å². The highest BCUT2D eigenvalue weighted by atomic mass is 32.2. The lowest BCUT2D eigenvalue weighted by Crippen LogP contribution is -2.51. The zero-order valence-electron chi connectivity index (χ0n) is 17.6. The topological polar surface area (TPSA) is 123 Å². The van der Waals surface area contributed by atoms with Gasteiger partial charge in [0.25, 0.3) is 0 Å². The van der Waals surface area contributed by atoms with Gasteiger partial charge in [0.1, 0.15) is 23.0 Å². The van der Waals surface area contributed by atoms with E-state index in [0.717, 1.165) is 0 Å². The summed E-state index contributed by atoms with van der Waals surface area (Å²) in [5.41, 5.74) is 7.26. The number of ether oxygens (including phenoxy) is 1. The Labute approximate surface area is 181 Å². The minimum Gasteiger partial charge on any atom is -0.480 e. The molecule has 3 aromatic rings. The first kappa shape index (κ1) is 21.1. The summed E-state index contributed by atoms with van der Waals surface area (Å²) < 4.78 is 33.3. The van der Waals surface area contributed by atoms with Crippen molar-refractivity contribution in [2.75, 3.05) is 12.9 Å². The average Bonchev–Trinajstić information content (AvgIpc) is 3.23. The van der Waals surface area contributed by atoms with Crippen LogP contribution in [0.2, 0.25) is 0 Å². The van der Waals surface area contributed by atoms with Crippen molar-refractivity contribution in [1.82, 2.24) is 15.1 Å². The van der Waals surface area contributed by atoms with E-state index in [-0.39, 0.29) is 0 Å². The summed E-state index contributed by atoms with van der Waals surface area (Å²) in [6.07, 6.45) is 3.03. The first-order valence-corrected chi connectivity index (χ1v) is 10.9. The molecule has 1 unspecified atom stereocenters. The van der Waals surface area contributed by atoms with Crippen LogP contribution in [-0.4, -0.2) is 38.6 Å². The summed E-state index contributed by atoms with van der Waals surface area (Å²) in [5, 5.41) is 4.06. The van der Waals surface area contributed by atoms with Gasteiger partial charge < -0.3 is 15.0 Å². The Balaban J connectivity index is 1.71. The van der Waals surface area contributed by atoms with E-state index in [1.807, 2.05) is 20.8 Å². The monoisotopic (exact) mass is 442 g/mol. The molecule has 0 amide bonds. The van der Waals surface area contributed by atoms with Gasteiger partial charge in [0.15, 0.2) is 5.76 Å². The summed E-state index contributed by atoms with van der Waals surface area (Å²) in [6.45, 7) is 5.60. The Bertz CT molecular complexity index is 1190. The van der Waals surface area contributed by atoms with Gasteiger partial charge in [-0.25, -0.2) is 14.4 Å². The maximum absolute atomic E-state index is 14.9. The molecule has 31 heavy (non-hydrogen) atoms. The van der Waals surface area contributed by atoms with Crippen LogP contribution in [0.5, 0.6) is 5.88 Å². The number of nitrogens with zero attached hydrogens (tertiary/aromatic N) is 4. The first-order valence-electron chi connectivity index (χ1n) is 9.55. The number of nitrogens with one attached hydrogen (secondary N) is 1. The zero-order chi connectivity index (χ0) is 22.4. The van der Waals surface area contributed by atoms with Crippen LogP contribution in [0.3, 0.4) is 0 Å². The standard InChI is InChI=1S/C21H23FN6O2S/c1-20(2)19(23)27-21(3,11-31(20)24)13-7-12(5-6-14(13)22)17-8-15(28-30-17)16-9-26-18(29-4)10-25-16/h5-10,24H,11H2,1-4H3,(H2,23,27)/t21-,31?/m0/s1. The molecular weight excluding hydrogens is 419 g/mol. The molecule has 0 saturated carbocycles. The fourth-order valence-electron chi connectivity index (χ4n) is 3.34. The maximum Gasteiger partial charge on any atom is 0.232 e. The van der Waals surface area contributed by atoms with E-state index in [0.29, 0.717) is 45.7 Å². The van der Waals surface area contributed by atoms with Crippen LogP contribution in [0.15, 0.2) is 46.2 Å². The fourth-order valence-corrected chi connectivity index (χ4v) is 4.78. The first-order chi connectivity index (χ1) is 14.6. The second kappa shape index (κ2) is 7.52. The summed E-state index contributed by atoms with van der Waals surface area (Å²) in [7, 11) is 0.696. The van der Waals surface area contributed by atoms with Crippen molar-refractivity contribution in [3.05, 3.63) is 48.0 Å². The number of amidine groups is 1. The molecule has 3 heterocycles. The smallest absolute Gasteiger partial charge is 0.232 e. The van der Waals surface area contributed by atoms with Gasteiger partial charge in [0, 0.05) is 22.9 Å². The fraction of sp³-hybridized carbons (Fsp3) is 0.333. The molecule has 3 N–H and O–H groups in total. The van der Waals surface area contributed by atoms with Gasteiger partial charge in [0.2, 0.25) is 5.88 Å². The van der Waals surface area contributed by atoms with Gasteiger partial charge in [-0.15, -0.1) is 0 Å². The highest BCUT2D eigenvalue weighted by Gasteiger charge is 2.42. The lowest BCUT2D eigenvalue weighted by atomic mass is 9.91. The second-order valence-corrected chi connectivity index (χ2v) is 10.1.